The topological polar surface area (TPSA) is 101 Å². The molecule has 2 atom stereocenters. The molecule has 0 aromatic heterocycles. The van der Waals surface area contributed by atoms with Gasteiger partial charge in [-0.15, -0.1) is 0 Å². The number of unbranched alkanes of at least 4 members (excludes halogenated alkanes) is 8. The van der Waals surface area contributed by atoms with E-state index in [9.17, 15) is 14.4 Å². The second-order valence-electron chi connectivity index (χ2n) is 7.84. The zero-order valence-electron chi connectivity index (χ0n) is 17.4. The molecule has 0 aromatic rings. The molecule has 0 aliphatic carbocycles. The highest BCUT2D eigenvalue weighted by atomic mass is 16.4. The average molecular weight is 395 g/mol. The van der Waals surface area contributed by atoms with Gasteiger partial charge in [-0.05, 0) is 38.5 Å². The Morgan fingerprint density at radius 3 is 2.46 bits per heavy atom. The molecule has 0 bridgehead atoms. The molecule has 1 fully saturated rings. The van der Waals surface area contributed by atoms with E-state index in [1.807, 2.05) is 6.08 Å². The summed E-state index contributed by atoms with van der Waals surface area (Å²) in [6, 6.07) is -0.876. The first-order chi connectivity index (χ1) is 13.5. The molecule has 1 aliphatic heterocycles. The lowest BCUT2D eigenvalue weighted by molar-refractivity contribution is -0.140. The largest absolute Gasteiger partial charge is 0.480 e. The number of carboxylic acids is 1. The summed E-state index contributed by atoms with van der Waals surface area (Å²) in [6.45, 7) is 2.59. The molecule has 1 saturated heterocycles. The molecule has 6 heteroatoms. The molecule has 6 nitrogen and oxygen atoms in total. The number of aliphatic carboxylic acids is 1. The van der Waals surface area contributed by atoms with Gasteiger partial charge in [0.2, 0.25) is 11.8 Å². The first-order valence-electron chi connectivity index (χ1n) is 10.9. The minimum atomic E-state index is -1.02. The molecule has 0 radical (unpaired) electrons. The van der Waals surface area contributed by atoms with Crippen LogP contribution < -0.4 is 5.73 Å². The number of carbonyl (C=O) groups excluding carboxylic acids is 2. The number of amides is 2. The van der Waals surface area contributed by atoms with Crippen molar-refractivity contribution in [2.24, 2.45) is 11.7 Å². The summed E-state index contributed by atoms with van der Waals surface area (Å²) in [5.41, 5.74) is 5.46. The Kier molecular flexibility index (Phi) is 12.5. The van der Waals surface area contributed by atoms with Gasteiger partial charge in [0.05, 0.1) is 5.92 Å². The highest BCUT2D eigenvalue weighted by Gasteiger charge is 2.37. The lowest BCUT2D eigenvalue weighted by atomic mass is 10.0. The molecule has 28 heavy (non-hydrogen) atoms. The van der Waals surface area contributed by atoms with Gasteiger partial charge in [-0.2, -0.15) is 0 Å². The van der Waals surface area contributed by atoms with E-state index in [1.54, 1.807) is 0 Å². The second-order valence-corrected chi connectivity index (χ2v) is 7.84. The summed E-state index contributed by atoms with van der Waals surface area (Å²) in [5.74, 6) is -1.46. The van der Waals surface area contributed by atoms with Crippen molar-refractivity contribution < 1.29 is 19.5 Å². The van der Waals surface area contributed by atoms with Gasteiger partial charge in [0.1, 0.15) is 6.04 Å². The smallest absolute Gasteiger partial charge is 0.320 e. The van der Waals surface area contributed by atoms with Gasteiger partial charge >= 0.3 is 5.97 Å². The van der Waals surface area contributed by atoms with Crippen LogP contribution in [-0.4, -0.2) is 40.4 Å². The first-order valence-corrected chi connectivity index (χ1v) is 10.9. The van der Waals surface area contributed by atoms with Gasteiger partial charge in [0.25, 0.3) is 0 Å². The maximum Gasteiger partial charge on any atom is 0.320 e. The predicted octanol–water partition coefficient (Wildman–Crippen LogP) is 4.03. The van der Waals surface area contributed by atoms with Gasteiger partial charge in [0.15, 0.2) is 0 Å². The highest BCUT2D eigenvalue weighted by molar-refractivity contribution is 6.03. The normalized spacial score (nSPS) is 18.4. The van der Waals surface area contributed by atoms with Gasteiger partial charge in [-0.25, -0.2) is 0 Å². The Morgan fingerprint density at radius 1 is 1.11 bits per heavy atom. The number of carboxylic acid groups (broad SMARTS) is 1. The van der Waals surface area contributed by atoms with Crippen molar-refractivity contribution in [1.29, 1.82) is 0 Å². The second kappa shape index (κ2) is 14.3. The highest BCUT2D eigenvalue weighted by Crippen LogP contribution is 2.24. The van der Waals surface area contributed by atoms with Crippen molar-refractivity contribution in [3.05, 3.63) is 12.2 Å². The molecule has 2 unspecified atom stereocenters. The van der Waals surface area contributed by atoms with Crippen molar-refractivity contribution in [1.82, 2.24) is 4.90 Å². The summed E-state index contributed by atoms with van der Waals surface area (Å²) in [4.78, 5) is 36.5. The third kappa shape index (κ3) is 9.49. The Bertz CT molecular complexity index is 519. The quantitative estimate of drug-likeness (QED) is 0.234. The van der Waals surface area contributed by atoms with Crippen molar-refractivity contribution >= 4 is 17.8 Å². The maximum atomic E-state index is 12.4. The molecule has 0 aromatic carbocycles. The average Bonchev–Trinajstić information content (AvgIpc) is 2.93. The van der Waals surface area contributed by atoms with Gasteiger partial charge in [-0.3, -0.25) is 19.3 Å². The fraction of sp³-hybridized carbons (Fsp3) is 0.773. The van der Waals surface area contributed by atoms with Crippen LogP contribution in [0.4, 0.5) is 0 Å². The molecular weight excluding hydrogens is 356 g/mol. The molecule has 1 rings (SSSR count). The predicted molar refractivity (Wildman–Crippen MR) is 111 cm³/mol. The molecule has 1 heterocycles. The Balaban J connectivity index is 2.16. The van der Waals surface area contributed by atoms with E-state index in [0.29, 0.717) is 32.2 Å². The van der Waals surface area contributed by atoms with Crippen LogP contribution in [0.1, 0.15) is 90.4 Å². The van der Waals surface area contributed by atoms with Gasteiger partial charge in [0, 0.05) is 13.0 Å². The number of nitrogens with zero attached hydrogens (tertiary/aromatic N) is 1. The van der Waals surface area contributed by atoms with Crippen LogP contribution in [0, 0.1) is 5.92 Å². The number of allylic oxidation sites excluding steroid dienone is 2. The first kappa shape index (κ1) is 24.3. The van der Waals surface area contributed by atoms with Crippen molar-refractivity contribution in [2.75, 3.05) is 6.54 Å². The van der Waals surface area contributed by atoms with E-state index >= 15 is 0 Å². The van der Waals surface area contributed by atoms with Crippen molar-refractivity contribution in [3.8, 4) is 0 Å². The number of imide groups is 1. The number of nitrogens with two attached hydrogens (primary N) is 1. The van der Waals surface area contributed by atoms with E-state index in [2.05, 4.69) is 13.0 Å². The molecule has 160 valence electrons. The summed E-state index contributed by atoms with van der Waals surface area (Å²) in [5, 5.41) is 8.76. The van der Waals surface area contributed by atoms with Crippen molar-refractivity contribution in [3.63, 3.8) is 0 Å². The van der Waals surface area contributed by atoms with Crippen LogP contribution in [-0.2, 0) is 14.4 Å². The van der Waals surface area contributed by atoms with Crippen LogP contribution in [0.3, 0.4) is 0 Å². The Morgan fingerprint density at radius 2 is 1.79 bits per heavy atom. The maximum absolute atomic E-state index is 12.4. The lowest BCUT2D eigenvalue weighted by Gasteiger charge is -2.15. The van der Waals surface area contributed by atoms with E-state index in [-0.39, 0.29) is 24.2 Å². The van der Waals surface area contributed by atoms with Crippen LogP contribution in [0.15, 0.2) is 12.2 Å². The fourth-order valence-corrected chi connectivity index (χ4v) is 3.53. The van der Waals surface area contributed by atoms with Crippen LogP contribution >= 0.6 is 0 Å². The molecular formula is C22H38N2O4. The van der Waals surface area contributed by atoms with E-state index in [0.717, 1.165) is 6.42 Å². The van der Waals surface area contributed by atoms with Gasteiger partial charge in [-0.1, -0.05) is 57.6 Å². The summed E-state index contributed by atoms with van der Waals surface area (Å²) in [6.07, 6.45) is 16.7. The minimum Gasteiger partial charge on any atom is -0.480 e. The van der Waals surface area contributed by atoms with Crippen molar-refractivity contribution in [2.45, 2.75) is 96.4 Å². The Labute approximate surface area is 169 Å². The van der Waals surface area contributed by atoms with Crippen LogP contribution in [0.25, 0.3) is 0 Å². The third-order valence-corrected chi connectivity index (χ3v) is 5.36. The molecule has 3 N–H and O–H groups in total. The summed E-state index contributed by atoms with van der Waals surface area (Å²) >= 11 is 0. The number of hydrogen-bond donors (Lipinski definition) is 2. The molecule has 0 spiro atoms. The monoisotopic (exact) mass is 394 g/mol. The molecule has 1 aliphatic rings. The number of hydrogen-bond acceptors (Lipinski definition) is 4. The SMILES string of the molecule is CCCCCCCCCC=CCC1CC(=O)N(CCCCC(N)C(=O)O)C1=O. The minimum absolute atomic E-state index is 0.0897. The van der Waals surface area contributed by atoms with Crippen LogP contribution in [0.2, 0.25) is 0 Å². The van der Waals surface area contributed by atoms with E-state index in [1.165, 1.54) is 49.8 Å². The zero-order valence-corrected chi connectivity index (χ0v) is 17.4. The fourth-order valence-electron chi connectivity index (χ4n) is 3.53. The van der Waals surface area contributed by atoms with E-state index in [4.69, 9.17) is 10.8 Å². The Hall–Kier alpha value is -1.69. The summed E-state index contributed by atoms with van der Waals surface area (Å²) < 4.78 is 0. The number of carbonyl (C=O) groups is 3. The van der Waals surface area contributed by atoms with E-state index < -0.39 is 12.0 Å². The number of likely N-dealkylation sites (tertiary alicyclic amines) is 1. The molecule has 0 saturated carbocycles. The third-order valence-electron chi connectivity index (χ3n) is 5.36. The summed E-state index contributed by atoms with van der Waals surface area (Å²) in [7, 11) is 0. The van der Waals surface area contributed by atoms with Gasteiger partial charge < -0.3 is 10.8 Å². The zero-order chi connectivity index (χ0) is 20.8. The molecule has 2 amide bonds. The number of rotatable bonds is 16. The standard InChI is InChI=1S/C22H38N2O4/c1-2-3-4-5-6-7-8-9-10-11-14-18-17-20(25)24(21(18)26)16-13-12-15-19(23)22(27)28/h10-11,18-19H,2-9,12-17,23H2,1H3,(H,27,28). The lowest BCUT2D eigenvalue weighted by Crippen LogP contribution is -2.32. The van der Waals surface area contributed by atoms with Crippen LogP contribution in [0.5, 0.6) is 0 Å².